The van der Waals surface area contributed by atoms with Crippen molar-refractivity contribution in [1.29, 1.82) is 0 Å². The van der Waals surface area contributed by atoms with Crippen LogP contribution in [0.5, 0.6) is 0 Å². The second-order valence-corrected chi connectivity index (χ2v) is 5.69. The van der Waals surface area contributed by atoms with E-state index >= 15 is 0 Å². The number of fused-ring (bicyclic) bond motifs is 1. The number of imidazole rings is 1. The molecule has 0 saturated heterocycles. The van der Waals surface area contributed by atoms with Gasteiger partial charge in [0, 0.05) is 35.6 Å². The van der Waals surface area contributed by atoms with E-state index in [1.165, 1.54) is 0 Å². The van der Waals surface area contributed by atoms with Crippen molar-refractivity contribution < 1.29 is 5.11 Å². The predicted molar refractivity (Wildman–Crippen MR) is 78.1 cm³/mol. The van der Waals surface area contributed by atoms with Crippen molar-refractivity contribution in [3.63, 3.8) is 0 Å². The molecule has 0 spiro atoms. The van der Waals surface area contributed by atoms with Crippen LogP contribution in [0.1, 0.15) is 24.4 Å². The Labute approximate surface area is 120 Å². The summed E-state index contributed by atoms with van der Waals surface area (Å²) in [5.41, 5.74) is 2.08. The van der Waals surface area contributed by atoms with Crippen molar-refractivity contribution in [2.75, 3.05) is 11.4 Å². The third-order valence-electron chi connectivity index (χ3n) is 3.54. The number of aliphatic hydroxyl groups excluding tert-OH is 1. The van der Waals surface area contributed by atoms with Crippen LogP contribution in [0.3, 0.4) is 0 Å². The van der Waals surface area contributed by atoms with Gasteiger partial charge in [-0.25, -0.2) is 4.98 Å². The fourth-order valence-corrected chi connectivity index (χ4v) is 3.14. The van der Waals surface area contributed by atoms with Crippen molar-refractivity contribution in [3.8, 4) is 0 Å². The summed E-state index contributed by atoms with van der Waals surface area (Å²) in [5.74, 6) is 1.10. The predicted octanol–water partition coefficient (Wildman–Crippen LogP) is 2.72. The van der Waals surface area contributed by atoms with Crippen LogP contribution in [0.4, 0.5) is 5.69 Å². The van der Waals surface area contributed by atoms with Gasteiger partial charge in [-0.05, 0) is 24.6 Å². The highest BCUT2D eigenvalue weighted by molar-refractivity contribution is 9.10. The van der Waals surface area contributed by atoms with E-state index in [4.69, 9.17) is 0 Å². The van der Waals surface area contributed by atoms with Gasteiger partial charge in [0.05, 0.1) is 12.6 Å². The Hall–Kier alpha value is -1.33. The number of halogens is 1. The molecule has 1 atom stereocenters. The van der Waals surface area contributed by atoms with Crippen molar-refractivity contribution in [1.82, 2.24) is 9.55 Å². The molecule has 0 aliphatic carbocycles. The molecule has 1 aromatic heterocycles. The Kier molecular flexibility index (Phi) is 3.33. The van der Waals surface area contributed by atoms with Crippen molar-refractivity contribution >= 4 is 21.6 Å². The van der Waals surface area contributed by atoms with Crippen LogP contribution in [-0.2, 0) is 13.1 Å². The molecule has 2 aromatic rings. The summed E-state index contributed by atoms with van der Waals surface area (Å²) in [6.07, 6.45) is 3.42. The molecule has 1 aliphatic heterocycles. The highest BCUT2D eigenvalue weighted by Crippen LogP contribution is 2.29. The summed E-state index contributed by atoms with van der Waals surface area (Å²) >= 11 is 3.53. The smallest absolute Gasteiger partial charge is 0.128 e. The van der Waals surface area contributed by atoms with E-state index in [1.807, 2.05) is 18.5 Å². The van der Waals surface area contributed by atoms with Crippen LogP contribution in [0, 0.1) is 0 Å². The summed E-state index contributed by atoms with van der Waals surface area (Å²) in [5, 5.41) is 9.65. The molecular weight excluding hydrogens is 306 g/mol. The Bertz CT molecular complexity index is 594. The number of benzene rings is 1. The fraction of sp³-hybridized carbons (Fsp3) is 0.357. The topological polar surface area (TPSA) is 41.3 Å². The fourth-order valence-electron chi connectivity index (χ4n) is 2.45. The number of aliphatic hydroxyl groups is 1. The molecule has 2 heterocycles. The van der Waals surface area contributed by atoms with Gasteiger partial charge in [-0.2, -0.15) is 0 Å². The molecule has 0 radical (unpaired) electrons. The number of anilines is 1. The van der Waals surface area contributed by atoms with Gasteiger partial charge in [0.25, 0.3) is 0 Å². The first-order valence-electron chi connectivity index (χ1n) is 6.37. The average Bonchev–Trinajstić information content (AvgIpc) is 2.85. The number of hydrogen-bond donors (Lipinski definition) is 1. The van der Waals surface area contributed by atoms with Crippen molar-refractivity contribution in [2.45, 2.75) is 26.1 Å². The molecular formula is C14H16BrN3O. The summed E-state index contributed by atoms with van der Waals surface area (Å²) < 4.78 is 3.14. The Morgan fingerprint density at radius 2 is 2.21 bits per heavy atom. The van der Waals surface area contributed by atoms with Crippen LogP contribution in [0.15, 0.2) is 35.1 Å². The molecule has 1 N–H and O–H groups in total. The Balaban J connectivity index is 1.86. The van der Waals surface area contributed by atoms with Gasteiger partial charge in [0.1, 0.15) is 5.82 Å². The summed E-state index contributed by atoms with van der Waals surface area (Å²) in [6.45, 7) is 4.54. The molecule has 3 rings (SSSR count). The molecule has 4 nitrogen and oxygen atoms in total. The molecule has 1 unspecified atom stereocenters. The third kappa shape index (κ3) is 2.40. The minimum Gasteiger partial charge on any atom is -0.389 e. The SMILES string of the molecule is CC(O)c1ccc(N2CCn3ccnc3C2)cc1Br. The van der Waals surface area contributed by atoms with Gasteiger partial charge in [0.15, 0.2) is 0 Å². The number of aromatic nitrogens is 2. The van der Waals surface area contributed by atoms with E-state index < -0.39 is 6.10 Å². The van der Waals surface area contributed by atoms with E-state index in [-0.39, 0.29) is 0 Å². The molecule has 0 saturated carbocycles. The lowest BCUT2D eigenvalue weighted by molar-refractivity contribution is 0.198. The monoisotopic (exact) mass is 321 g/mol. The van der Waals surface area contributed by atoms with Crippen molar-refractivity contribution in [3.05, 3.63) is 46.5 Å². The van der Waals surface area contributed by atoms with Gasteiger partial charge in [0.2, 0.25) is 0 Å². The lowest BCUT2D eigenvalue weighted by Gasteiger charge is -2.30. The highest BCUT2D eigenvalue weighted by atomic mass is 79.9. The first-order valence-corrected chi connectivity index (χ1v) is 7.17. The normalized spacial score (nSPS) is 16.3. The molecule has 0 bridgehead atoms. The van der Waals surface area contributed by atoms with Crippen LogP contribution < -0.4 is 4.90 Å². The van der Waals surface area contributed by atoms with E-state index in [1.54, 1.807) is 6.92 Å². The number of rotatable bonds is 2. The molecule has 0 fully saturated rings. The van der Waals surface area contributed by atoms with Crippen LogP contribution in [0.25, 0.3) is 0 Å². The zero-order chi connectivity index (χ0) is 13.4. The maximum absolute atomic E-state index is 9.65. The van der Waals surface area contributed by atoms with Crippen LogP contribution in [-0.4, -0.2) is 21.2 Å². The maximum atomic E-state index is 9.65. The van der Waals surface area contributed by atoms with Crippen LogP contribution >= 0.6 is 15.9 Å². The minimum atomic E-state index is -0.455. The minimum absolute atomic E-state index is 0.455. The second kappa shape index (κ2) is 4.98. The van der Waals surface area contributed by atoms with E-state index in [9.17, 15) is 5.11 Å². The molecule has 1 aromatic carbocycles. The summed E-state index contributed by atoms with van der Waals surface area (Å²) in [4.78, 5) is 6.67. The lowest BCUT2D eigenvalue weighted by Crippen LogP contribution is -2.33. The molecule has 19 heavy (non-hydrogen) atoms. The lowest BCUT2D eigenvalue weighted by atomic mass is 10.1. The van der Waals surface area contributed by atoms with Gasteiger partial charge >= 0.3 is 0 Å². The first kappa shape index (κ1) is 12.7. The van der Waals surface area contributed by atoms with Gasteiger partial charge in [-0.3, -0.25) is 0 Å². The summed E-state index contributed by atoms with van der Waals surface area (Å²) in [6, 6.07) is 6.11. The average molecular weight is 322 g/mol. The first-order chi connectivity index (χ1) is 9.15. The second-order valence-electron chi connectivity index (χ2n) is 4.84. The molecule has 5 heteroatoms. The third-order valence-corrected chi connectivity index (χ3v) is 4.23. The van der Waals surface area contributed by atoms with Crippen molar-refractivity contribution in [2.24, 2.45) is 0 Å². The number of hydrogen-bond acceptors (Lipinski definition) is 3. The van der Waals surface area contributed by atoms with Crippen LogP contribution in [0.2, 0.25) is 0 Å². The highest BCUT2D eigenvalue weighted by Gasteiger charge is 2.18. The molecule has 100 valence electrons. The molecule has 1 aliphatic rings. The number of nitrogens with zero attached hydrogens (tertiary/aromatic N) is 3. The zero-order valence-electron chi connectivity index (χ0n) is 10.8. The Morgan fingerprint density at radius 3 is 2.95 bits per heavy atom. The quantitative estimate of drug-likeness (QED) is 0.924. The van der Waals surface area contributed by atoms with Gasteiger partial charge in [-0.1, -0.05) is 22.0 Å². The summed E-state index contributed by atoms with van der Waals surface area (Å²) in [7, 11) is 0. The molecule has 0 amide bonds. The Morgan fingerprint density at radius 1 is 1.37 bits per heavy atom. The van der Waals surface area contributed by atoms with E-state index in [0.29, 0.717) is 0 Å². The maximum Gasteiger partial charge on any atom is 0.128 e. The van der Waals surface area contributed by atoms with E-state index in [0.717, 1.165) is 41.2 Å². The van der Waals surface area contributed by atoms with Gasteiger partial charge in [-0.15, -0.1) is 0 Å². The van der Waals surface area contributed by atoms with E-state index in [2.05, 4.69) is 42.5 Å². The zero-order valence-corrected chi connectivity index (χ0v) is 12.3. The standard InChI is InChI=1S/C14H16BrN3O/c1-10(19)12-3-2-11(8-13(12)15)18-7-6-17-5-4-16-14(17)9-18/h2-5,8,10,19H,6-7,9H2,1H3. The van der Waals surface area contributed by atoms with Gasteiger partial charge < -0.3 is 14.6 Å². The largest absolute Gasteiger partial charge is 0.389 e.